The lowest BCUT2D eigenvalue weighted by Gasteiger charge is -2.34. The monoisotopic (exact) mass is 583 g/mol. The summed E-state index contributed by atoms with van der Waals surface area (Å²) < 4.78 is 28.9. The van der Waals surface area contributed by atoms with E-state index in [0.29, 0.717) is 22.7 Å². The van der Waals surface area contributed by atoms with Crippen LogP contribution in [0.1, 0.15) is 50.3 Å². The first kappa shape index (κ1) is 31.2. The van der Waals surface area contributed by atoms with Crippen LogP contribution in [-0.2, 0) is 26.2 Å². The molecule has 0 aromatic heterocycles. The highest BCUT2D eigenvalue weighted by atomic mass is 35.5. The molecule has 7 nitrogen and oxygen atoms in total. The standard InChI is InChI=1S/C31H38ClN3O4S/c1-6-24(5)33-31(37)29(7-2)34(20-25-10-8-9-11-28(25)32)30(36)21-35(26-16-12-22(3)13-17-26)40(38,39)27-18-14-23(4)15-19-27/h8-19,24,29H,6-7,20-21H2,1-5H3,(H,33,37). The minimum atomic E-state index is -4.11. The zero-order valence-corrected chi connectivity index (χ0v) is 25.3. The van der Waals surface area contributed by atoms with E-state index in [9.17, 15) is 18.0 Å². The second kappa shape index (κ2) is 13.8. The molecule has 0 fully saturated rings. The quantitative estimate of drug-likeness (QED) is 0.289. The molecule has 1 N–H and O–H groups in total. The highest BCUT2D eigenvalue weighted by Gasteiger charge is 2.34. The maximum atomic E-state index is 14.1. The molecule has 3 rings (SSSR count). The van der Waals surface area contributed by atoms with Crippen LogP contribution >= 0.6 is 11.6 Å². The van der Waals surface area contributed by atoms with Crippen LogP contribution < -0.4 is 9.62 Å². The number of hydrogen-bond donors (Lipinski definition) is 1. The Morgan fingerprint density at radius 1 is 0.875 bits per heavy atom. The molecule has 214 valence electrons. The van der Waals surface area contributed by atoms with Crippen LogP contribution in [0.15, 0.2) is 77.7 Å². The maximum Gasteiger partial charge on any atom is 0.264 e. The molecule has 9 heteroatoms. The smallest absolute Gasteiger partial charge is 0.264 e. The number of hydrogen-bond acceptors (Lipinski definition) is 4. The molecule has 0 radical (unpaired) electrons. The summed E-state index contributed by atoms with van der Waals surface area (Å²) in [5.74, 6) is -0.803. The molecule has 0 spiro atoms. The summed E-state index contributed by atoms with van der Waals surface area (Å²) in [5.41, 5.74) is 2.89. The van der Waals surface area contributed by atoms with Gasteiger partial charge in [-0.15, -0.1) is 0 Å². The Labute approximate surface area is 243 Å². The van der Waals surface area contributed by atoms with Gasteiger partial charge in [-0.25, -0.2) is 8.42 Å². The first-order chi connectivity index (χ1) is 19.0. The highest BCUT2D eigenvalue weighted by Crippen LogP contribution is 2.26. The summed E-state index contributed by atoms with van der Waals surface area (Å²) in [6, 6.07) is 19.7. The predicted octanol–water partition coefficient (Wildman–Crippen LogP) is 5.87. The molecule has 0 aliphatic rings. The first-order valence-electron chi connectivity index (χ1n) is 13.5. The molecule has 0 saturated heterocycles. The highest BCUT2D eigenvalue weighted by molar-refractivity contribution is 7.92. The molecule has 0 aliphatic carbocycles. The topological polar surface area (TPSA) is 86.8 Å². The van der Waals surface area contributed by atoms with Crippen LogP contribution in [0.3, 0.4) is 0 Å². The first-order valence-corrected chi connectivity index (χ1v) is 15.3. The zero-order valence-electron chi connectivity index (χ0n) is 23.7. The van der Waals surface area contributed by atoms with Crippen molar-refractivity contribution in [1.29, 1.82) is 0 Å². The molecule has 3 aromatic rings. The van der Waals surface area contributed by atoms with Crippen LogP contribution in [0, 0.1) is 13.8 Å². The van der Waals surface area contributed by atoms with Gasteiger partial charge in [0, 0.05) is 17.6 Å². The van der Waals surface area contributed by atoms with Crippen molar-refractivity contribution >= 4 is 39.1 Å². The van der Waals surface area contributed by atoms with E-state index in [1.165, 1.54) is 17.0 Å². The van der Waals surface area contributed by atoms with Crippen LogP contribution in [0.2, 0.25) is 5.02 Å². The number of nitrogens with one attached hydrogen (secondary N) is 1. The van der Waals surface area contributed by atoms with Crippen LogP contribution in [0.5, 0.6) is 0 Å². The van der Waals surface area contributed by atoms with Crippen LogP contribution in [-0.4, -0.2) is 43.8 Å². The van der Waals surface area contributed by atoms with Gasteiger partial charge < -0.3 is 10.2 Å². The van der Waals surface area contributed by atoms with Gasteiger partial charge in [0.25, 0.3) is 10.0 Å². The number of sulfonamides is 1. The van der Waals surface area contributed by atoms with E-state index >= 15 is 0 Å². The van der Waals surface area contributed by atoms with E-state index in [0.717, 1.165) is 21.9 Å². The molecule has 3 aromatic carbocycles. The summed E-state index contributed by atoms with van der Waals surface area (Å²) in [4.78, 5) is 28.9. The van der Waals surface area contributed by atoms with Gasteiger partial charge in [0.2, 0.25) is 11.8 Å². The average molecular weight is 584 g/mol. The molecule has 2 amide bonds. The Balaban J connectivity index is 2.06. The van der Waals surface area contributed by atoms with Crippen molar-refractivity contribution in [1.82, 2.24) is 10.2 Å². The Bertz CT molecular complexity index is 1410. The van der Waals surface area contributed by atoms with E-state index < -0.39 is 28.5 Å². The lowest BCUT2D eigenvalue weighted by atomic mass is 10.1. The normalized spacial score (nSPS) is 12.8. The van der Waals surface area contributed by atoms with Gasteiger partial charge in [0.05, 0.1) is 10.6 Å². The third-order valence-electron chi connectivity index (χ3n) is 6.90. The van der Waals surface area contributed by atoms with Crippen molar-refractivity contribution in [2.45, 2.75) is 71.0 Å². The summed E-state index contributed by atoms with van der Waals surface area (Å²) in [5, 5.41) is 3.43. The predicted molar refractivity (Wildman–Crippen MR) is 161 cm³/mol. The van der Waals surface area contributed by atoms with Gasteiger partial charge in [-0.1, -0.05) is 79.0 Å². The van der Waals surface area contributed by atoms with Gasteiger partial charge in [0.15, 0.2) is 0 Å². The van der Waals surface area contributed by atoms with E-state index in [2.05, 4.69) is 5.32 Å². The van der Waals surface area contributed by atoms with Crippen molar-refractivity contribution in [2.75, 3.05) is 10.8 Å². The molecule has 0 saturated carbocycles. The van der Waals surface area contributed by atoms with Gasteiger partial charge in [-0.3, -0.25) is 13.9 Å². The average Bonchev–Trinajstić information content (AvgIpc) is 2.93. The largest absolute Gasteiger partial charge is 0.352 e. The third kappa shape index (κ3) is 7.64. The number of rotatable bonds is 12. The number of carbonyl (C=O) groups excluding carboxylic acids is 2. The molecule has 2 unspecified atom stereocenters. The number of halogens is 1. The van der Waals surface area contributed by atoms with Crippen molar-refractivity contribution in [3.8, 4) is 0 Å². The lowest BCUT2D eigenvalue weighted by Crippen LogP contribution is -2.53. The summed E-state index contributed by atoms with van der Waals surface area (Å²) >= 11 is 6.44. The van der Waals surface area contributed by atoms with Crippen LogP contribution in [0.25, 0.3) is 0 Å². The number of amides is 2. The second-order valence-corrected chi connectivity index (χ2v) is 12.3. The molecular formula is C31H38ClN3O4S. The number of nitrogens with zero attached hydrogens (tertiary/aromatic N) is 2. The third-order valence-corrected chi connectivity index (χ3v) is 9.05. The SMILES string of the molecule is CCC(C)NC(=O)C(CC)N(Cc1ccccc1Cl)C(=O)CN(c1ccc(C)cc1)S(=O)(=O)c1ccc(C)cc1. The fourth-order valence-electron chi connectivity index (χ4n) is 4.25. The van der Waals surface area contributed by atoms with Gasteiger partial charge in [-0.05, 0) is 69.5 Å². The maximum absolute atomic E-state index is 14.1. The number of anilines is 1. The lowest BCUT2D eigenvalue weighted by molar-refractivity contribution is -0.140. The van der Waals surface area contributed by atoms with Crippen molar-refractivity contribution in [2.24, 2.45) is 0 Å². The van der Waals surface area contributed by atoms with Crippen molar-refractivity contribution in [3.05, 3.63) is 94.5 Å². The fraction of sp³-hybridized carbons (Fsp3) is 0.355. The van der Waals surface area contributed by atoms with Gasteiger partial charge in [0.1, 0.15) is 12.6 Å². The number of carbonyl (C=O) groups is 2. The van der Waals surface area contributed by atoms with Crippen molar-refractivity contribution < 1.29 is 18.0 Å². The second-order valence-electron chi connectivity index (χ2n) is 10.0. The molecule has 40 heavy (non-hydrogen) atoms. The van der Waals surface area contributed by atoms with E-state index in [4.69, 9.17) is 11.6 Å². The Kier molecular flexibility index (Phi) is 10.8. The molecule has 2 atom stereocenters. The van der Waals surface area contributed by atoms with Crippen LogP contribution in [0.4, 0.5) is 5.69 Å². The molecular weight excluding hydrogens is 546 g/mol. The molecule has 0 aliphatic heterocycles. The van der Waals surface area contributed by atoms with E-state index in [-0.39, 0.29) is 23.4 Å². The minimum Gasteiger partial charge on any atom is -0.352 e. The Morgan fingerprint density at radius 3 is 2.00 bits per heavy atom. The summed E-state index contributed by atoms with van der Waals surface area (Å²) in [7, 11) is -4.11. The van der Waals surface area contributed by atoms with Crippen molar-refractivity contribution in [3.63, 3.8) is 0 Å². The number of aryl methyl sites for hydroxylation is 2. The summed E-state index contributed by atoms with van der Waals surface area (Å²) in [6.07, 6.45) is 1.07. The summed E-state index contributed by atoms with van der Waals surface area (Å²) in [6.45, 7) is 9.04. The van der Waals surface area contributed by atoms with Gasteiger partial charge in [-0.2, -0.15) is 0 Å². The van der Waals surface area contributed by atoms with E-state index in [1.807, 2.05) is 40.7 Å². The zero-order chi connectivity index (χ0) is 29.4. The molecule has 0 bridgehead atoms. The molecule has 0 heterocycles. The van der Waals surface area contributed by atoms with E-state index in [1.54, 1.807) is 54.6 Å². The fourth-order valence-corrected chi connectivity index (χ4v) is 5.86. The minimum absolute atomic E-state index is 0.0528. The Morgan fingerprint density at radius 2 is 1.45 bits per heavy atom. The number of benzene rings is 3. The Hall–Kier alpha value is -3.36. The van der Waals surface area contributed by atoms with Gasteiger partial charge >= 0.3 is 0 Å².